The first-order valence-electron chi connectivity index (χ1n) is 6.66. The van der Waals surface area contributed by atoms with E-state index in [0.29, 0.717) is 10.7 Å². The van der Waals surface area contributed by atoms with Crippen molar-refractivity contribution in [3.63, 3.8) is 0 Å². The number of hydrogen-bond acceptors (Lipinski definition) is 2. The Hall–Kier alpha value is -2.47. The lowest BCUT2D eigenvalue weighted by Gasteiger charge is -2.21. The molecule has 0 bridgehead atoms. The molecule has 2 aromatic rings. The zero-order valence-electron chi connectivity index (χ0n) is 12.1. The second-order valence-corrected chi connectivity index (χ2v) is 5.14. The van der Waals surface area contributed by atoms with Gasteiger partial charge in [-0.05, 0) is 24.3 Å². The van der Waals surface area contributed by atoms with Gasteiger partial charge in [0.15, 0.2) is 11.6 Å². The van der Waals surface area contributed by atoms with Gasteiger partial charge in [0.05, 0.1) is 10.7 Å². The molecule has 0 saturated heterocycles. The fraction of sp³-hybridized carbons (Fsp3) is 0.125. The minimum atomic E-state index is -1.07. The molecule has 0 fully saturated rings. The molecule has 120 valence electrons. The summed E-state index contributed by atoms with van der Waals surface area (Å²) < 4.78 is 26.0. The summed E-state index contributed by atoms with van der Waals surface area (Å²) in [5, 5.41) is 2.72. The molecule has 0 spiro atoms. The number of carbonyl (C=O) groups is 2. The molecule has 2 rings (SSSR count). The lowest BCUT2D eigenvalue weighted by atomic mass is 10.2. The van der Waals surface area contributed by atoms with Gasteiger partial charge in [-0.15, -0.1) is 0 Å². The summed E-state index contributed by atoms with van der Waals surface area (Å²) in [5.74, 6) is -3.02. The van der Waals surface area contributed by atoms with Gasteiger partial charge in [0.25, 0.3) is 0 Å². The second-order valence-electron chi connectivity index (χ2n) is 4.73. The molecule has 0 heterocycles. The zero-order valence-corrected chi connectivity index (χ0v) is 12.9. The first kappa shape index (κ1) is 16.9. The van der Waals surface area contributed by atoms with Crippen molar-refractivity contribution in [3.8, 4) is 0 Å². The van der Waals surface area contributed by atoms with Crippen LogP contribution >= 0.6 is 11.6 Å². The van der Waals surface area contributed by atoms with E-state index in [1.165, 1.54) is 17.9 Å². The molecule has 4 nitrogen and oxygen atoms in total. The molecular weight excluding hydrogens is 326 g/mol. The fourth-order valence-corrected chi connectivity index (χ4v) is 2.19. The van der Waals surface area contributed by atoms with Gasteiger partial charge < -0.3 is 10.2 Å². The molecule has 0 atom stereocenters. The van der Waals surface area contributed by atoms with Crippen LogP contribution in [0.4, 0.5) is 20.2 Å². The number of halogens is 3. The Morgan fingerprint density at radius 1 is 1.13 bits per heavy atom. The summed E-state index contributed by atoms with van der Waals surface area (Å²) in [6.07, 6.45) is 0. The number of benzene rings is 2. The van der Waals surface area contributed by atoms with E-state index in [1.54, 1.807) is 24.3 Å². The molecule has 23 heavy (non-hydrogen) atoms. The van der Waals surface area contributed by atoms with Crippen molar-refractivity contribution in [2.45, 2.75) is 6.92 Å². The van der Waals surface area contributed by atoms with Gasteiger partial charge in [0.1, 0.15) is 6.54 Å². The van der Waals surface area contributed by atoms with Gasteiger partial charge in [-0.3, -0.25) is 9.59 Å². The summed E-state index contributed by atoms with van der Waals surface area (Å²) in [4.78, 5) is 25.0. The van der Waals surface area contributed by atoms with Gasteiger partial charge in [-0.1, -0.05) is 23.7 Å². The molecule has 0 aliphatic heterocycles. The first-order chi connectivity index (χ1) is 10.9. The Bertz CT molecular complexity index is 753. The van der Waals surface area contributed by atoms with Crippen LogP contribution < -0.4 is 10.2 Å². The Morgan fingerprint density at radius 2 is 1.83 bits per heavy atom. The standard InChI is InChI=1S/C16H13ClF2N2O2/c1-10(22)21(15-5-3-2-4-12(15)17)9-16(23)20-11-6-7-13(18)14(19)8-11/h2-8H,9H2,1H3,(H,20,23). The quantitative estimate of drug-likeness (QED) is 0.925. The summed E-state index contributed by atoms with van der Waals surface area (Å²) in [6.45, 7) is 0.992. The minimum Gasteiger partial charge on any atom is -0.324 e. The van der Waals surface area contributed by atoms with E-state index in [1.807, 2.05) is 0 Å². The van der Waals surface area contributed by atoms with Crippen molar-refractivity contribution in [1.82, 2.24) is 0 Å². The molecule has 2 amide bonds. The van der Waals surface area contributed by atoms with E-state index < -0.39 is 17.5 Å². The van der Waals surface area contributed by atoms with Crippen LogP contribution in [-0.2, 0) is 9.59 Å². The van der Waals surface area contributed by atoms with Crippen LogP contribution in [0.2, 0.25) is 5.02 Å². The third kappa shape index (κ3) is 4.26. The molecule has 0 radical (unpaired) electrons. The molecule has 0 saturated carbocycles. The van der Waals surface area contributed by atoms with Crippen LogP contribution in [0.5, 0.6) is 0 Å². The number of amides is 2. The van der Waals surface area contributed by atoms with Crippen molar-refractivity contribution in [3.05, 3.63) is 59.1 Å². The highest BCUT2D eigenvalue weighted by Crippen LogP contribution is 2.25. The Morgan fingerprint density at radius 3 is 2.43 bits per heavy atom. The maximum atomic E-state index is 13.1. The van der Waals surface area contributed by atoms with Crippen molar-refractivity contribution in [1.29, 1.82) is 0 Å². The van der Waals surface area contributed by atoms with E-state index in [9.17, 15) is 18.4 Å². The predicted molar refractivity (Wildman–Crippen MR) is 84.5 cm³/mol. The Balaban J connectivity index is 2.14. The van der Waals surface area contributed by atoms with E-state index >= 15 is 0 Å². The van der Waals surface area contributed by atoms with E-state index in [2.05, 4.69) is 5.32 Å². The van der Waals surface area contributed by atoms with E-state index in [-0.39, 0.29) is 18.1 Å². The third-order valence-electron chi connectivity index (χ3n) is 3.03. The third-order valence-corrected chi connectivity index (χ3v) is 3.35. The average Bonchev–Trinajstić information content (AvgIpc) is 2.49. The van der Waals surface area contributed by atoms with Crippen molar-refractivity contribution in [2.24, 2.45) is 0 Å². The van der Waals surface area contributed by atoms with Gasteiger partial charge >= 0.3 is 0 Å². The summed E-state index contributed by atoms with van der Waals surface area (Å²) in [5.41, 5.74) is 0.485. The molecule has 0 aliphatic rings. The van der Waals surface area contributed by atoms with Crippen molar-refractivity contribution in [2.75, 3.05) is 16.8 Å². The van der Waals surface area contributed by atoms with Crippen molar-refractivity contribution < 1.29 is 18.4 Å². The maximum absolute atomic E-state index is 13.1. The first-order valence-corrected chi connectivity index (χ1v) is 7.04. The normalized spacial score (nSPS) is 10.3. The smallest absolute Gasteiger partial charge is 0.244 e. The van der Waals surface area contributed by atoms with Crippen molar-refractivity contribution >= 4 is 34.8 Å². The van der Waals surface area contributed by atoms with Crippen LogP contribution in [-0.4, -0.2) is 18.4 Å². The average molecular weight is 339 g/mol. The number of rotatable bonds is 4. The van der Waals surface area contributed by atoms with Crippen LogP contribution in [0.1, 0.15) is 6.92 Å². The Kier molecular flexibility index (Phi) is 5.28. The van der Waals surface area contributed by atoms with E-state index in [4.69, 9.17) is 11.6 Å². The highest BCUT2D eigenvalue weighted by atomic mass is 35.5. The van der Waals surface area contributed by atoms with Gasteiger partial charge in [0, 0.05) is 18.7 Å². The highest BCUT2D eigenvalue weighted by molar-refractivity contribution is 6.33. The zero-order chi connectivity index (χ0) is 17.0. The fourth-order valence-electron chi connectivity index (χ4n) is 1.95. The number of nitrogens with one attached hydrogen (secondary N) is 1. The van der Waals surface area contributed by atoms with Gasteiger partial charge in [0.2, 0.25) is 11.8 Å². The highest BCUT2D eigenvalue weighted by Gasteiger charge is 2.18. The van der Waals surface area contributed by atoms with Crippen LogP contribution in [0.15, 0.2) is 42.5 Å². The molecule has 1 N–H and O–H groups in total. The second kappa shape index (κ2) is 7.19. The lowest BCUT2D eigenvalue weighted by Crippen LogP contribution is -2.36. The van der Waals surface area contributed by atoms with E-state index in [0.717, 1.165) is 12.1 Å². The summed E-state index contributed by atoms with van der Waals surface area (Å²) in [7, 11) is 0. The van der Waals surface area contributed by atoms with Gasteiger partial charge in [-0.25, -0.2) is 8.78 Å². The van der Waals surface area contributed by atoms with Gasteiger partial charge in [-0.2, -0.15) is 0 Å². The van der Waals surface area contributed by atoms with Crippen LogP contribution in [0.25, 0.3) is 0 Å². The molecule has 0 unspecified atom stereocenters. The topological polar surface area (TPSA) is 49.4 Å². The SMILES string of the molecule is CC(=O)N(CC(=O)Nc1ccc(F)c(F)c1)c1ccccc1Cl. The lowest BCUT2D eigenvalue weighted by molar-refractivity contribution is -0.120. The maximum Gasteiger partial charge on any atom is 0.244 e. The molecular formula is C16H13ClF2N2O2. The number of hydrogen-bond donors (Lipinski definition) is 1. The predicted octanol–water partition coefficient (Wildman–Crippen LogP) is 3.61. The van der Waals surface area contributed by atoms with Crippen LogP contribution in [0.3, 0.4) is 0 Å². The molecule has 7 heteroatoms. The monoisotopic (exact) mass is 338 g/mol. The number of para-hydroxylation sites is 1. The Labute approximate surface area is 136 Å². The molecule has 0 aromatic heterocycles. The number of carbonyl (C=O) groups excluding carboxylic acids is 2. The minimum absolute atomic E-state index is 0.0940. The molecule has 0 aliphatic carbocycles. The van der Waals surface area contributed by atoms with Crippen LogP contribution in [0, 0.1) is 11.6 Å². The molecule has 2 aromatic carbocycles. The summed E-state index contributed by atoms with van der Waals surface area (Å²) in [6, 6.07) is 9.58. The largest absolute Gasteiger partial charge is 0.324 e. The summed E-state index contributed by atoms with van der Waals surface area (Å²) >= 11 is 6.03. The number of nitrogens with zero attached hydrogens (tertiary/aromatic N) is 1. The number of anilines is 2.